The van der Waals surface area contributed by atoms with Crippen molar-refractivity contribution in [3.63, 3.8) is 0 Å². The molecule has 1 heterocycles. The van der Waals surface area contributed by atoms with Crippen LogP contribution in [0.3, 0.4) is 0 Å². The van der Waals surface area contributed by atoms with E-state index >= 15 is 0 Å². The SMILES string of the molecule is CC(C)CC(=O)N1CCc2ccc(OC(C)C(=O)Nc3ccccc3)cc2C1c1cccc(F)c1. The van der Waals surface area contributed by atoms with Crippen LogP contribution in [0, 0.1) is 11.7 Å². The van der Waals surface area contributed by atoms with Crippen LogP contribution in [0.2, 0.25) is 0 Å². The van der Waals surface area contributed by atoms with Crippen LogP contribution in [0.4, 0.5) is 10.1 Å². The Morgan fingerprint density at radius 1 is 1.03 bits per heavy atom. The van der Waals surface area contributed by atoms with Gasteiger partial charge >= 0.3 is 0 Å². The van der Waals surface area contributed by atoms with Gasteiger partial charge in [-0.3, -0.25) is 9.59 Å². The largest absolute Gasteiger partial charge is 0.481 e. The Morgan fingerprint density at radius 3 is 2.51 bits per heavy atom. The van der Waals surface area contributed by atoms with Gasteiger partial charge in [0.15, 0.2) is 6.10 Å². The minimum Gasteiger partial charge on any atom is -0.481 e. The fourth-order valence-electron chi connectivity index (χ4n) is 4.46. The van der Waals surface area contributed by atoms with Crippen LogP contribution in [0.1, 0.15) is 49.9 Å². The van der Waals surface area contributed by atoms with Crippen molar-refractivity contribution in [3.8, 4) is 5.75 Å². The second kappa shape index (κ2) is 10.7. The molecule has 3 aromatic carbocycles. The number of nitrogens with zero attached hydrogens (tertiary/aromatic N) is 1. The molecule has 0 radical (unpaired) electrons. The Morgan fingerprint density at radius 2 is 1.80 bits per heavy atom. The lowest BCUT2D eigenvalue weighted by molar-refractivity contribution is -0.134. The first-order valence-electron chi connectivity index (χ1n) is 12.0. The zero-order chi connectivity index (χ0) is 24.9. The van der Waals surface area contributed by atoms with Gasteiger partial charge in [0, 0.05) is 18.7 Å². The number of ether oxygens (including phenoxy) is 1. The van der Waals surface area contributed by atoms with Crippen LogP contribution in [0.5, 0.6) is 5.75 Å². The van der Waals surface area contributed by atoms with Gasteiger partial charge in [0.25, 0.3) is 5.91 Å². The summed E-state index contributed by atoms with van der Waals surface area (Å²) < 4.78 is 20.2. The molecule has 0 saturated carbocycles. The molecule has 4 rings (SSSR count). The van der Waals surface area contributed by atoms with E-state index in [0.717, 1.165) is 16.7 Å². The van der Waals surface area contributed by atoms with E-state index in [1.807, 2.05) is 73.3 Å². The summed E-state index contributed by atoms with van der Waals surface area (Å²) in [6.07, 6.45) is 0.395. The van der Waals surface area contributed by atoms with E-state index in [9.17, 15) is 14.0 Å². The Kier molecular flexibility index (Phi) is 7.49. The molecule has 2 amide bonds. The van der Waals surface area contributed by atoms with E-state index in [1.165, 1.54) is 12.1 Å². The summed E-state index contributed by atoms with van der Waals surface area (Å²) >= 11 is 0. The number of hydrogen-bond donors (Lipinski definition) is 1. The van der Waals surface area contributed by atoms with Gasteiger partial charge in [-0.05, 0) is 72.4 Å². The van der Waals surface area contributed by atoms with Crippen molar-refractivity contribution >= 4 is 17.5 Å². The molecule has 0 aliphatic carbocycles. The van der Waals surface area contributed by atoms with Gasteiger partial charge in [0.1, 0.15) is 11.6 Å². The van der Waals surface area contributed by atoms with Crippen molar-refractivity contribution in [2.75, 3.05) is 11.9 Å². The van der Waals surface area contributed by atoms with E-state index < -0.39 is 12.1 Å². The minimum atomic E-state index is -0.733. The van der Waals surface area contributed by atoms with E-state index in [4.69, 9.17) is 4.74 Å². The molecule has 1 N–H and O–H groups in total. The highest BCUT2D eigenvalue weighted by Gasteiger charge is 2.33. The van der Waals surface area contributed by atoms with Crippen molar-refractivity contribution in [1.82, 2.24) is 4.90 Å². The van der Waals surface area contributed by atoms with Crippen LogP contribution >= 0.6 is 0 Å². The van der Waals surface area contributed by atoms with Gasteiger partial charge in [-0.1, -0.05) is 50.2 Å². The van der Waals surface area contributed by atoms with E-state index in [0.29, 0.717) is 30.8 Å². The molecule has 6 heteroatoms. The van der Waals surface area contributed by atoms with E-state index in [2.05, 4.69) is 5.32 Å². The van der Waals surface area contributed by atoms with Crippen molar-refractivity contribution in [1.29, 1.82) is 0 Å². The maximum Gasteiger partial charge on any atom is 0.265 e. The first-order chi connectivity index (χ1) is 16.8. The summed E-state index contributed by atoms with van der Waals surface area (Å²) in [6.45, 7) is 6.29. The number of carbonyl (C=O) groups excluding carboxylic acids is 2. The average molecular weight is 475 g/mol. The lowest BCUT2D eigenvalue weighted by Crippen LogP contribution is -2.41. The molecule has 3 aromatic rings. The number of carbonyl (C=O) groups is 2. The highest BCUT2D eigenvalue weighted by atomic mass is 19.1. The highest BCUT2D eigenvalue weighted by Crippen LogP contribution is 2.38. The third-order valence-corrected chi connectivity index (χ3v) is 6.14. The minimum absolute atomic E-state index is 0.0434. The van der Waals surface area contributed by atoms with Crippen LogP contribution in [0.15, 0.2) is 72.8 Å². The second-order valence-electron chi connectivity index (χ2n) is 9.37. The molecular weight excluding hydrogens is 443 g/mol. The molecule has 0 saturated heterocycles. The van der Waals surface area contributed by atoms with Gasteiger partial charge in [0.2, 0.25) is 5.91 Å². The molecule has 1 aliphatic rings. The Balaban J connectivity index is 1.62. The Labute approximate surface area is 205 Å². The first kappa shape index (κ1) is 24.5. The van der Waals surface area contributed by atoms with Crippen molar-refractivity contribution in [2.45, 2.75) is 45.8 Å². The van der Waals surface area contributed by atoms with E-state index in [1.54, 1.807) is 13.0 Å². The fourth-order valence-corrected chi connectivity index (χ4v) is 4.46. The standard InChI is InChI=1S/C29H31FN2O3/c1-19(2)16-27(33)32-15-14-21-12-13-25(18-26(21)28(32)22-8-7-9-23(30)17-22)35-20(3)29(34)31-24-10-5-4-6-11-24/h4-13,17-20,28H,14-16H2,1-3H3,(H,31,34). The van der Waals surface area contributed by atoms with Gasteiger partial charge in [-0.25, -0.2) is 4.39 Å². The molecule has 0 aromatic heterocycles. The quantitative estimate of drug-likeness (QED) is 0.474. The van der Waals surface area contributed by atoms with Crippen LogP contribution in [0.25, 0.3) is 0 Å². The maximum absolute atomic E-state index is 14.2. The van der Waals surface area contributed by atoms with Gasteiger partial charge in [0.05, 0.1) is 6.04 Å². The highest BCUT2D eigenvalue weighted by molar-refractivity contribution is 5.94. The lowest BCUT2D eigenvalue weighted by Gasteiger charge is -2.38. The molecule has 5 nitrogen and oxygen atoms in total. The number of benzene rings is 3. The summed E-state index contributed by atoms with van der Waals surface area (Å²) in [7, 11) is 0. The topological polar surface area (TPSA) is 58.6 Å². The zero-order valence-electron chi connectivity index (χ0n) is 20.3. The fraction of sp³-hybridized carbons (Fsp3) is 0.310. The molecule has 0 bridgehead atoms. The monoisotopic (exact) mass is 474 g/mol. The van der Waals surface area contributed by atoms with Crippen LogP contribution in [-0.4, -0.2) is 29.4 Å². The van der Waals surface area contributed by atoms with E-state index in [-0.39, 0.29) is 23.5 Å². The number of para-hydroxylation sites is 1. The molecule has 1 aliphatic heterocycles. The molecular formula is C29H31FN2O3. The normalized spacial score (nSPS) is 15.9. The second-order valence-corrected chi connectivity index (χ2v) is 9.37. The number of fused-ring (bicyclic) bond motifs is 1. The van der Waals surface area contributed by atoms with Crippen LogP contribution in [-0.2, 0) is 16.0 Å². The first-order valence-corrected chi connectivity index (χ1v) is 12.0. The number of anilines is 1. The van der Waals surface area contributed by atoms with Crippen molar-refractivity contribution in [3.05, 3.63) is 95.3 Å². The molecule has 0 fully saturated rings. The molecule has 35 heavy (non-hydrogen) atoms. The molecule has 2 atom stereocenters. The summed E-state index contributed by atoms with van der Waals surface area (Å²) in [5.41, 5.74) is 3.40. The third-order valence-electron chi connectivity index (χ3n) is 6.14. The Hall–Kier alpha value is -3.67. The maximum atomic E-state index is 14.2. The lowest BCUT2D eigenvalue weighted by atomic mass is 9.87. The van der Waals surface area contributed by atoms with Crippen molar-refractivity contribution in [2.24, 2.45) is 5.92 Å². The summed E-state index contributed by atoms with van der Waals surface area (Å²) in [5, 5.41) is 2.85. The predicted octanol–water partition coefficient (Wildman–Crippen LogP) is 5.75. The number of halogens is 1. The molecule has 2 unspecified atom stereocenters. The smallest absolute Gasteiger partial charge is 0.265 e. The van der Waals surface area contributed by atoms with Gasteiger partial charge in [-0.15, -0.1) is 0 Å². The third kappa shape index (κ3) is 5.88. The summed E-state index contributed by atoms with van der Waals surface area (Å²) in [5.74, 6) is 0.186. The number of hydrogen-bond acceptors (Lipinski definition) is 3. The van der Waals surface area contributed by atoms with Crippen molar-refractivity contribution < 1.29 is 18.7 Å². The summed E-state index contributed by atoms with van der Waals surface area (Å²) in [4.78, 5) is 27.6. The van der Waals surface area contributed by atoms with Crippen LogP contribution < -0.4 is 10.1 Å². The van der Waals surface area contributed by atoms with Gasteiger partial charge < -0.3 is 15.0 Å². The molecule has 182 valence electrons. The number of amides is 2. The number of nitrogens with one attached hydrogen (secondary N) is 1. The summed E-state index contributed by atoms with van der Waals surface area (Å²) in [6, 6.07) is 20.9. The predicted molar refractivity (Wildman–Crippen MR) is 135 cm³/mol. The average Bonchev–Trinajstić information content (AvgIpc) is 2.83. The number of rotatable bonds is 7. The molecule has 0 spiro atoms. The van der Waals surface area contributed by atoms with Gasteiger partial charge in [-0.2, -0.15) is 0 Å². The zero-order valence-corrected chi connectivity index (χ0v) is 20.3. The Bertz CT molecular complexity index is 1200.